The number of alkyl halides is 3. The van der Waals surface area contributed by atoms with Gasteiger partial charge in [0.2, 0.25) is 5.95 Å². The number of nitrogens with one attached hydrogen (secondary N) is 2. The second-order valence-electron chi connectivity index (χ2n) is 12.5. The molecule has 3 heterocycles. The van der Waals surface area contributed by atoms with Crippen molar-refractivity contribution in [1.29, 1.82) is 0 Å². The maximum absolute atomic E-state index is 13.0. The van der Waals surface area contributed by atoms with Crippen molar-refractivity contribution >= 4 is 31.1 Å². The van der Waals surface area contributed by atoms with E-state index in [2.05, 4.69) is 39.9 Å². The number of halogens is 3. The van der Waals surface area contributed by atoms with Gasteiger partial charge in [0.15, 0.2) is 0 Å². The van der Waals surface area contributed by atoms with Gasteiger partial charge in [-0.3, -0.25) is 10.3 Å². The number of pyridine rings is 1. The summed E-state index contributed by atoms with van der Waals surface area (Å²) in [5.74, 6) is 0.237. The highest BCUT2D eigenvalue weighted by atomic mass is 28.3. The van der Waals surface area contributed by atoms with E-state index in [0.717, 1.165) is 35.0 Å². The average molecular weight is 602 g/mol. The first-order chi connectivity index (χ1) is 19.6. The lowest BCUT2D eigenvalue weighted by Crippen LogP contribution is -2.27. The van der Waals surface area contributed by atoms with E-state index in [9.17, 15) is 18.0 Å². The van der Waals surface area contributed by atoms with Gasteiger partial charge in [0.1, 0.15) is 23.5 Å². The minimum absolute atomic E-state index is 0.237. The molecule has 1 aromatic carbocycles. The van der Waals surface area contributed by atoms with Gasteiger partial charge in [-0.05, 0) is 75.0 Å². The first kappa shape index (κ1) is 31.3. The Morgan fingerprint density at radius 3 is 2.38 bits per heavy atom. The molecule has 0 bridgehead atoms. The van der Waals surface area contributed by atoms with Gasteiger partial charge in [0.05, 0.1) is 16.8 Å². The Kier molecular flexibility index (Phi) is 9.17. The van der Waals surface area contributed by atoms with Crippen molar-refractivity contribution in [3.63, 3.8) is 0 Å². The number of imidazole rings is 1. The van der Waals surface area contributed by atoms with Crippen LogP contribution in [0, 0.1) is 0 Å². The van der Waals surface area contributed by atoms with Crippen LogP contribution in [0.4, 0.5) is 23.9 Å². The van der Waals surface area contributed by atoms with Crippen molar-refractivity contribution in [2.45, 2.75) is 77.8 Å². The lowest BCUT2D eigenvalue weighted by Gasteiger charge is -2.18. The largest absolute Gasteiger partial charge is 0.444 e. The van der Waals surface area contributed by atoms with Gasteiger partial charge in [-0.2, -0.15) is 13.2 Å². The maximum atomic E-state index is 13.0. The third-order valence-electron chi connectivity index (χ3n) is 6.43. The van der Waals surface area contributed by atoms with E-state index in [0.29, 0.717) is 42.9 Å². The molecule has 2 N–H and O–H groups in total. The summed E-state index contributed by atoms with van der Waals surface area (Å²) in [5, 5.41) is 2.64. The number of aromatic nitrogens is 4. The Labute approximate surface area is 244 Å². The molecule has 226 valence electrons. The Morgan fingerprint density at radius 2 is 1.74 bits per heavy atom. The van der Waals surface area contributed by atoms with Crippen LogP contribution in [0.25, 0.3) is 22.4 Å². The van der Waals surface area contributed by atoms with Crippen LogP contribution in [0.2, 0.25) is 25.7 Å². The highest BCUT2D eigenvalue weighted by Crippen LogP contribution is 2.31. The summed E-state index contributed by atoms with van der Waals surface area (Å²) in [5.41, 5.74) is 3.13. The first-order valence-electron chi connectivity index (χ1n) is 13.9. The van der Waals surface area contributed by atoms with Crippen LogP contribution in [-0.2, 0) is 35.2 Å². The van der Waals surface area contributed by atoms with Gasteiger partial charge in [-0.15, -0.1) is 0 Å². The Bertz CT molecular complexity index is 1520. The fraction of sp³-hybridized carbons (Fsp3) is 0.433. The highest BCUT2D eigenvalue weighted by Gasteiger charge is 2.30. The molecule has 8 nitrogen and oxygen atoms in total. The molecule has 0 atom stereocenters. The normalized spacial score (nSPS) is 12.6. The smallest absolute Gasteiger partial charge is 0.416 e. The van der Waals surface area contributed by atoms with Crippen molar-refractivity contribution in [3.8, 4) is 11.4 Å². The molecule has 0 aliphatic heterocycles. The van der Waals surface area contributed by atoms with Gasteiger partial charge in [0.25, 0.3) is 0 Å². The minimum Gasteiger partial charge on any atom is -0.444 e. The van der Waals surface area contributed by atoms with Crippen LogP contribution in [0.5, 0.6) is 0 Å². The number of benzene rings is 1. The number of rotatable bonds is 10. The van der Waals surface area contributed by atoms with E-state index in [-0.39, 0.29) is 5.95 Å². The summed E-state index contributed by atoms with van der Waals surface area (Å²) >= 11 is 0. The van der Waals surface area contributed by atoms with E-state index < -0.39 is 31.5 Å². The number of amides is 1. The zero-order chi connectivity index (χ0) is 30.7. The SMILES string of the molecule is CC(C)(C)OC(=O)Nc1nc2c(-c3cc(CCc4ccc(C(F)(F)F)cc4)cn3COCC[Si](C)(C)C)nccc2[nH]1. The standard InChI is InChI=1S/C30H38F3N5O3Si/c1-29(2,3)41-28(39)37-27-35-23-13-14-34-26(25(23)36-27)24-17-21(18-38(24)19-40-15-16-42(4,5)6)8-7-20-9-11-22(12-10-20)30(31,32)33/h9-14,17-18H,7-8,15-16,19H2,1-6H3,(H2,35,36,37,39). The monoisotopic (exact) mass is 601 g/mol. The molecule has 3 aromatic heterocycles. The minimum atomic E-state index is -4.36. The molecule has 42 heavy (non-hydrogen) atoms. The quantitative estimate of drug-likeness (QED) is 0.142. The third-order valence-corrected chi connectivity index (χ3v) is 8.13. The molecule has 0 aliphatic rings. The van der Waals surface area contributed by atoms with Crippen LogP contribution in [0.1, 0.15) is 37.5 Å². The zero-order valence-corrected chi connectivity index (χ0v) is 25.9. The van der Waals surface area contributed by atoms with Crippen molar-refractivity contribution < 1.29 is 27.4 Å². The average Bonchev–Trinajstić information content (AvgIpc) is 3.46. The van der Waals surface area contributed by atoms with Crippen LogP contribution in [-0.4, -0.2) is 45.9 Å². The van der Waals surface area contributed by atoms with Gasteiger partial charge in [0, 0.05) is 27.1 Å². The second-order valence-corrected chi connectivity index (χ2v) is 18.1. The number of ether oxygens (including phenoxy) is 2. The second kappa shape index (κ2) is 12.3. The van der Waals surface area contributed by atoms with Crippen LogP contribution in [0.15, 0.2) is 48.8 Å². The molecule has 4 rings (SSSR count). The summed E-state index contributed by atoms with van der Waals surface area (Å²) in [6.07, 6.45) is -0.146. The number of H-pyrrole nitrogens is 1. The van der Waals surface area contributed by atoms with Crippen LogP contribution >= 0.6 is 0 Å². The number of aromatic amines is 1. The van der Waals surface area contributed by atoms with Crippen LogP contribution < -0.4 is 5.32 Å². The molecule has 0 saturated heterocycles. The number of hydrogen-bond donors (Lipinski definition) is 2. The van der Waals surface area contributed by atoms with Gasteiger partial charge < -0.3 is 19.0 Å². The molecule has 0 spiro atoms. The lowest BCUT2D eigenvalue weighted by atomic mass is 10.0. The lowest BCUT2D eigenvalue weighted by molar-refractivity contribution is -0.137. The van der Waals surface area contributed by atoms with Crippen molar-refractivity contribution in [2.75, 3.05) is 11.9 Å². The molecule has 1 amide bonds. The van der Waals surface area contributed by atoms with Crippen molar-refractivity contribution in [3.05, 3.63) is 65.5 Å². The summed E-state index contributed by atoms with van der Waals surface area (Å²) in [7, 11) is -1.27. The van der Waals surface area contributed by atoms with Crippen molar-refractivity contribution in [1.82, 2.24) is 19.5 Å². The fourth-order valence-corrected chi connectivity index (χ4v) is 5.04. The molecule has 0 fully saturated rings. The van der Waals surface area contributed by atoms with E-state index in [4.69, 9.17) is 9.47 Å². The number of carbonyl (C=O) groups excluding carboxylic acids is 1. The molecule has 0 radical (unpaired) electrons. The number of anilines is 1. The van der Waals surface area contributed by atoms with E-state index >= 15 is 0 Å². The third kappa shape index (κ3) is 8.68. The summed E-state index contributed by atoms with van der Waals surface area (Å²) in [6.45, 7) is 13.2. The first-order valence-corrected chi connectivity index (χ1v) is 17.6. The summed E-state index contributed by atoms with van der Waals surface area (Å²) < 4.78 is 52.3. The van der Waals surface area contributed by atoms with E-state index in [1.807, 2.05) is 16.8 Å². The number of aryl methyl sites for hydroxylation is 2. The molecule has 4 aromatic rings. The molecule has 12 heteroatoms. The topological polar surface area (TPSA) is 94.1 Å². The zero-order valence-electron chi connectivity index (χ0n) is 24.9. The maximum Gasteiger partial charge on any atom is 0.416 e. The van der Waals surface area contributed by atoms with Crippen molar-refractivity contribution in [2.24, 2.45) is 0 Å². The van der Waals surface area contributed by atoms with Gasteiger partial charge >= 0.3 is 12.3 Å². The van der Waals surface area contributed by atoms with E-state index in [1.165, 1.54) is 12.1 Å². The number of fused-ring (bicyclic) bond motifs is 1. The number of carbonyl (C=O) groups is 1. The fourth-order valence-electron chi connectivity index (χ4n) is 4.29. The number of hydrogen-bond acceptors (Lipinski definition) is 5. The Balaban J connectivity index is 1.59. The van der Waals surface area contributed by atoms with E-state index in [1.54, 1.807) is 33.0 Å². The summed E-state index contributed by atoms with van der Waals surface area (Å²) in [4.78, 5) is 24.6. The molecular weight excluding hydrogens is 563 g/mol. The highest BCUT2D eigenvalue weighted by molar-refractivity contribution is 6.76. The predicted molar refractivity (Wildman–Crippen MR) is 160 cm³/mol. The Morgan fingerprint density at radius 1 is 1.05 bits per heavy atom. The van der Waals surface area contributed by atoms with Gasteiger partial charge in [-0.1, -0.05) is 31.8 Å². The van der Waals surface area contributed by atoms with Crippen LogP contribution in [0.3, 0.4) is 0 Å². The Hall–Kier alpha value is -3.64. The molecular formula is C30H38F3N5O3Si. The summed E-state index contributed by atoms with van der Waals surface area (Å²) in [6, 6.07) is 10.1. The molecule has 0 aliphatic carbocycles. The number of nitrogens with zero attached hydrogens (tertiary/aromatic N) is 3. The molecule has 0 unspecified atom stereocenters. The predicted octanol–water partition coefficient (Wildman–Crippen LogP) is 7.89. The van der Waals surface area contributed by atoms with Gasteiger partial charge in [-0.25, -0.2) is 9.78 Å². The molecule has 0 saturated carbocycles.